The van der Waals surface area contributed by atoms with Crippen LogP contribution in [-0.4, -0.2) is 12.1 Å². The van der Waals surface area contributed by atoms with Gasteiger partial charge in [-0.05, 0) is 32.1 Å². The van der Waals surface area contributed by atoms with E-state index >= 15 is 0 Å². The van der Waals surface area contributed by atoms with Crippen LogP contribution in [0.2, 0.25) is 0 Å². The lowest BCUT2D eigenvalue weighted by Crippen LogP contribution is -2.38. The van der Waals surface area contributed by atoms with Crippen molar-refractivity contribution in [1.82, 2.24) is 5.32 Å². The van der Waals surface area contributed by atoms with Gasteiger partial charge in [0, 0.05) is 12.1 Å². The Labute approximate surface area is 101 Å². The smallest absolute Gasteiger partial charge is 0.00695 e. The Morgan fingerprint density at radius 3 is 2.06 bits per heavy atom. The van der Waals surface area contributed by atoms with Gasteiger partial charge in [-0.1, -0.05) is 51.4 Å². The van der Waals surface area contributed by atoms with Crippen LogP contribution in [0.5, 0.6) is 0 Å². The summed E-state index contributed by atoms with van der Waals surface area (Å²) >= 11 is 0. The molecule has 1 N–H and O–H groups in total. The molecule has 1 atom stereocenters. The van der Waals surface area contributed by atoms with Gasteiger partial charge in [0.05, 0.1) is 0 Å². The first-order chi connectivity index (χ1) is 7.84. The van der Waals surface area contributed by atoms with Crippen molar-refractivity contribution in [2.45, 2.75) is 89.6 Å². The van der Waals surface area contributed by atoms with Gasteiger partial charge in [0.2, 0.25) is 0 Å². The molecule has 94 valence electrons. The zero-order chi connectivity index (χ0) is 11.2. The zero-order valence-electron chi connectivity index (χ0n) is 11.0. The molecule has 0 amide bonds. The van der Waals surface area contributed by atoms with Crippen molar-refractivity contribution in [3.8, 4) is 0 Å². The monoisotopic (exact) mass is 223 g/mol. The van der Waals surface area contributed by atoms with Crippen molar-refractivity contribution in [3.05, 3.63) is 0 Å². The standard InChI is InChI=1S/C15H29N/c1-13(12-14-8-7-9-14)16-15-10-5-3-2-4-6-11-15/h13-16H,2-12H2,1H3. The van der Waals surface area contributed by atoms with Crippen LogP contribution in [0, 0.1) is 5.92 Å². The van der Waals surface area contributed by atoms with Crippen molar-refractivity contribution in [3.63, 3.8) is 0 Å². The summed E-state index contributed by atoms with van der Waals surface area (Å²) in [5.74, 6) is 1.05. The molecule has 0 heterocycles. The molecule has 0 saturated heterocycles. The molecule has 1 unspecified atom stereocenters. The summed E-state index contributed by atoms with van der Waals surface area (Å²) in [5.41, 5.74) is 0. The minimum Gasteiger partial charge on any atom is -0.311 e. The highest BCUT2D eigenvalue weighted by Gasteiger charge is 2.21. The first-order valence-electron chi connectivity index (χ1n) is 7.60. The number of hydrogen-bond donors (Lipinski definition) is 1. The average molecular weight is 223 g/mol. The van der Waals surface area contributed by atoms with Crippen LogP contribution in [-0.2, 0) is 0 Å². The van der Waals surface area contributed by atoms with Gasteiger partial charge in [-0.2, -0.15) is 0 Å². The summed E-state index contributed by atoms with van der Waals surface area (Å²) in [4.78, 5) is 0. The molecule has 0 spiro atoms. The van der Waals surface area contributed by atoms with E-state index in [2.05, 4.69) is 12.2 Å². The van der Waals surface area contributed by atoms with E-state index in [4.69, 9.17) is 0 Å². The second-order valence-electron chi connectivity index (χ2n) is 6.14. The van der Waals surface area contributed by atoms with Crippen molar-refractivity contribution < 1.29 is 0 Å². The topological polar surface area (TPSA) is 12.0 Å². The van der Waals surface area contributed by atoms with Crippen LogP contribution >= 0.6 is 0 Å². The molecule has 1 nitrogen and oxygen atoms in total. The molecule has 2 rings (SSSR count). The Bertz CT molecular complexity index is 178. The summed E-state index contributed by atoms with van der Waals surface area (Å²) in [6, 6.07) is 1.59. The van der Waals surface area contributed by atoms with Gasteiger partial charge in [-0.15, -0.1) is 0 Å². The van der Waals surface area contributed by atoms with Crippen LogP contribution in [0.15, 0.2) is 0 Å². The van der Waals surface area contributed by atoms with E-state index in [9.17, 15) is 0 Å². The van der Waals surface area contributed by atoms with Crippen molar-refractivity contribution in [1.29, 1.82) is 0 Å². The zero-order valence-corrected chi connectivity index (χ0v) is 11.0. The lowest BCUT2D eigenvalue weighted by atomic mass is 9.81. The lowest BCUT2D eigenvalue weighted by molar-refractivity contribution is 0.249. The van der Waals surface area contributed by atoms with E-state index in [0.29, 0.717) is 0 Å². The predicted molar refractivity (Wildman–Crippen MR) is 70.7 cm³/mol. The molecular formula is C15H29N. The van der Waals surface area contributed by atoms with Crippen molar-refractivity contribution >= 4 is 0 Å². The van der Waals surface area contributed by atoms with Crippen molar-refractivity contribution in [2.24, 2.45) is 5.92 Å². The first kappa shape index (κ1) is 12.4. The SMILES string of the molecule is CC(CC1CCC1)NC1CCCCCCC1. The largest absolute Gasteiger partial charge is 0.311 e. The Morgan fingerprint density at radius 2 is 1.50 bits per heavy atom. The fourth-order valence-electron chi connectivity index (χ4n) is 3.32. The fraction of sp³-hybridized carbons (Fsp3) is 1.00. The third-order valence-corrected chi connectivity index (χ3v) is 4.54. The lowest BCUT2D eigenvalue weighted by Gasteiger charge is -2.31. The maximum atomic E-state index is 3.89. The number of nitrogens with one attached hydrogen (secondary N) is 1. The van der Waals surface area contributed by atoms with E-state index in [1.54, 1.807) is 0 Å². The highest BCUT2D eigenvalue weighted by atomic mass is 14.9. The molecule has 2 fully saturated rings. The molecule has 0 bridgehead atoms. The molecule has 0 aromatic heterocycles. The normalized spacial score (nSPS) is 26.8. The highest BCUT2D eigenvalue weighted by Crippen LogP contribution is 2.30. The minimum atomic E-state index is 0.759. The van der Waals surface area contributed by atoms with Crippen LogP contribution in [0.4, 0.5) is 0 Å². The molecule has 1 heteroatoms. The number of hydrogen-bond acceptors (Lipinski definition) is 1. The Morgan fingerprint density at radius 1 is 0.875 bits per heavy atom. The van der Waals surface area contributed by atoms with Crippen LogP contribution in [0.3, 0.4) is 0 Å². The van der Waals surface area contributed by atoms with Gasteiger partial charge < -0.3 is 5.32 Å². The van der Waals surface area contributed by atoms with E-state index in [0.717, 1.165) is 18.0 Å². The Balaban J connectivity index is 1.64. The maximum absolute atomic E-state index is 3.89. The maximum Gasteiger partial charge on any atom is 0.00695 e. The molecule has 0 aromatic rings. The molecule has 2 aliphatic carbocycles. The highest BCUT2D eigenvalue weighted by molar-refractivity contribution is 4.78. The molecule has 0 aliphatic heterocycles. The Hall–Kier alpha value is -0.0400. The quantitative estimate of drug-likeness (QED) is 0.750. The third-order valence-electron chi connectivity index (χ3n) is 4.54. The van der Waals surface area contributed by atoms with Gasteiger partial charge in [-0.3, -0.25) is 0 Å². The molecule has 2 saturated carbocycles. The third kappa shape index (κ3) is 4.08. The van der Waals surface area contributed by atoms with Gasteiger partial charge in [0.25, 0.3) is 0 Å². The second-order valence-corrected chi connectivity index (χ2v) is 6.14. The predicted octanol–water partition coefficient (Wildman–Crippen LogP) is 4.27. The van der Waals surface area contributed by atoms with Gasteiger partial charge in [-0.25, -0.2) is 0 Å². The molecular weight excluding hydrogens is 194 g/mol. The second kappa shape index (κ2) is 6.64. The summed E-state index contributed by atoms with van der Waals surface area (Å²) in [6.07, 6.45) is 16.1. The van der Waals surface area contributed by atoms with Crippen LogP contribution < -0.4 is 5.32 Å². The first-order valence-corrected chi connectivity index (χ1v) is 7.60. The number of rotatable bonds is 4. The average Bonchev–Trinajstić information content (AvgIpc) is 2.16. The molecule has 2 aliphatic rings. The van der Waals surface area contributed by atoms with E-state index in [1.807, 2.05) is 0 Å². The van der Waals surface area contributed by atoms with Crippen molar-refractivity contribution in [2.75, 3.05) is 0 Å². The Kier molecular flexibility index (Phi) is 5.15. The van der Waals surface area contributed by atoms with E-state index < -0.39 is 0 Å². The molecule has 16 heavy (non-hydrogen) atoms. The summed E-state index contributed by atoms with van der Waals surface area (Å²) in [7, 11) is 0. The molecule has 0 aromatic carbocycles. The molecule has 0 radical (unpaired) electrons. The van der Waals surface area contributed by atoms with Crippen LogP contribution in [0.25, 0.3) is 0 Å². The minimum absolute atomic E-state index is 0.759. The summed E-state index contributed by atoms with van der Waals surface area (Å²) < 4.78 is 0. The fourth-order valence-corrected chi connectivity index (χ4v) is 3.32. The van der Waals surface area contributed by atoms with E-state index in [-0.39, 0.29) is 0 Å². The summed E-state index contributed by atoms with van der Waals surface area (Å²) in [5, 5.41) is 3.89. The van der Waals surface area contributed by atoms with Crippen LogP contribution in [0.1, 0.15) is 77.6 Å². The van der Waals surface area contributed by atoms with Gasteiger partial charge in [0.1, 0.15) is 0 Å². The van der Waals surface area contributed by atoms with E-state index in [1.165, 1.54) is 70.6 Å². The summed E-state index contributed by atoms with van der Waals surface area (Å²) in [6.45, 7) is 2.40. The van der Waals surface area contributed by atoms with Gasteiger partial charge >= 0.3 is 0 Å². The van der Waals surface area contributed by atoms with Gasteiger partial charge in [0.15, 0.2) is 0 Å².